The maximum atomic E-state index is 15.1. The Hall–Kier alpha value is -2.32. The Balaban J connectivity index is 1.32. The lowest BCUT2D eigenvalue weighted by Crippen LogP contribution is -2.44. The summed E-state index contributed by atoms with van der Waals surface area (Å²) >= 11 is 6.57. The highest BCUT2D eigenvalue weighted by Gasteiger charge is 2.48. The molecule has 5 rings (SSSR count). The van der Waals surface area contributed by atoms with E-state index >= 15 is 4.39 Å². The minimum Gasteiger partial charge on any atom is -0.350 e. The molecule has 9 heteroatoms. The maximum Gasteiger partial charge on any atom is 0.226 e. The molecule has 2 aliphatic heterocycles. The summed E-state index contributed by atoms with van der Waals surface area (Å²) in [5, 5.41) is 3.76. The van der Waals surface area contributed by atoms with E-state index in [0.717, 1.165) is 42.0 Å². The first-order chi connectivity index (χ1) is 20.0. The second-order valence-electron chi connectivity index (χ2n) is 12.7. The second-order valence-corrected chi connectivity index (χ2v) is 13.1. The van der Waals surface area contributed by atoms with Crippen LogP contribution in [-0.4, -0.2) is 66.2 Å². The summed E-state index contributed by atoms with van der Waals surface area (Å²) in [4.78, 5) is 30.0. The van der Waals surface area contributed by atoms with Crippen LogP contribution < -0.4 is 5.32 Å². The van der Waals surface area contributed by atoms with Crippen molar-refractivity contribution >= 4 is 23.4 Å². The third-order valence-corrected chi connectivity index (χ3v) is 10.4. The third kappa shape index (κ3) is 6.59. The number of hydrogen-bond acceptors (Lipinski definition) is 3. The van der Waals surface area contributed by atoms with Crippen molar-refractivity contribution in [3.8, 4) is 0 Å². The molecule has 1 saturated carbocycles. The summed E-state index contributed by atoms with van der Waals surface area (Å²) in [6.07, 6.45) is 5.50. The average Bonchev–Trinajstić information content (AvgIpc) is 3.59. The normalized spacial score (nSPS) is 31.3. The predicted octanol–water partition coefficient (Wildman–Crippen LogP) is 6.76. The minimum atomic E-state index is -1.48. The smallest absolute Gasteiger partial charge is 0.226 e. The van der Waals surface area contributed by atoms with Crippen molar-refractivity contribution in [1.82, 2.24) is 15.1 Å². The highest BCUT2D eigenvalue weighted by molar-refractivity contribution is 6.31. The first kappa shape index (κ1) is 31.1. The van der Waals surface area contributed by atoms with Gasteiger partial charge in [0.15, 0.2) is 0 Å². The largest absolute Gasteiger partial charge is 0.350 e. The van der Waals surface area contributed by atoms with Crippen LogP contribution in [0.15, 0.2) is 36.2 Å². The molecule has 1 N–H and O–H groups in total. The number of rotatable bonds is 7. The van der Waals surface area contributed by atoms with E-state index in [9.17, 15) is 18.4 Å². The molecule has 7 atom stereocenters. The van der Waals surface area contributed by atoms with E-state index in [1.807, 2.05) is 24.8 Å². The second kappa shape index (κ2) is 13.1. The number of nitrogens with zero attached hydrogens (tertiary/aromatic N) is 2. The molecule has 2 amide bonds. The Bertz CT molecular complexity index is 1230. The highest BCUT2D eigenvalue weighted by Crippen LogP contribution is 2.46. The Morgan fingerprint density at radius 1 is 1.12 bits per heavy atom. The number of aryl methyl sites for hydroxylation is 1. The molecule has 0 radical (unpaired) electrons. The first-order valence-corrected chi connectivity index (χ1v) is 15.9. The van der Waals surface area contributed by atoms with E-state index in [4.69, 9.17) is 11.6 Å². The quantitative estimate of drug-likeness (QED) is 0.374. The van der Waals surface area contributed by atoms with E-state index in [-0.39, 0.29) is 41.7 Å². The molecule has 230 valence electrons. The average molecular weight is 606 g/mol. The molecule has 1 aromatic carbocycles. The van der Waals surface area contributed by atoms with Crippen molar-refractivity contribution in [1.29, 1.82) is 0 Å². The lowest BCUT2D eigenvalue weighted by Gasteiger charge is -2.37. The molecule has 42 heavy (non-hydrogen) atoms. The van der Waals surface area contributed by atoms with Gasteiger partial charge in [0.2, 0.25) is 11.8 Å². The highest BCUT2D eigenvalue weighted by atomic mass is 35.5. The Labute approximate surface area is 252 Å². The Morgan fingerprint density at radius 2 is 1.86 bits per heavy atom. The monoisotopic (exact) mass is 605 g/mol. The van der Waals surface area contributed by atoms with Crippen molar-refractivity contribution < 1.29 is 22.8 Å². The summed E-state index contributed by atoms with van der Waals surface area (Å²) in [5.41, 5.74) is 3.16. The van der Waals surface area contributed by atoms with Gasteiger partial charge in [-0.1, -0.05) is 30.7 Å². The fourth-order valence-corrected chi connectivity index (χ4v) is 7.97. The molecule has 2 aliphatic carbocycles. The van der Waals surface area contributed by atoms with Gasteiger partial charge < -0.3 is 10.2 Å². The number of carbonyl (C=O) groups is 2. The number of piperidine rings is 1. The molecule has 2 unspecified atom stereocenters. The van der Waals surface area contributed by atoms with Gasteiger partial charge >= 0.3 is 0 Å². The van der Waals surface area contributed by atoms with Crippen LogP contribution in [0, 0.1) is 24.7 Å². The molecule has 4 aliphatic rings. The summed E-state index contributed by atoms with van der Waals surface area (Å²) in [6, 6.07) is 4.00. The molecular formula is C33H43ClF3N3O2. The van der Waals surface area contributed by atoms with E-state index in [2.05, 4.69) is 16.3 Å². The molecule has 2 saturated heterocycles. The molecule has 0 bridgehead atoms. The Kier molecular flexibility index (Phi) is 9.73. The number of likely N-dealkylation sites (tertiary alicyclic amines) is 2. The third-order valence-electron chi connectivity index (χ3n) is 10.0. The zero-order chi connectivity index (χ0) is 30.1. The Morgan fingerprint density at radius 3 is 2.48 bits per heavy atom. The van der Waals surface area contributed by atoms with Gasteiger partial charge in [0.25, 0.3) is 0 Å². The predicted molar refractivity (Wildman–Crippen MR) is 159 cm³/mol. The van der Waals surface area contributed by atoms with Crippen LogP contribution in [0.3, 0.4) is 0 Å². The number of nitrogens with one attached hydrogen (secondary N) is 1. The van der Waals surface area contributed by atoms with Crippen LogP contribution in [0.4, 0.5) is 13.2 Å². The molecular weight excluding hydrogens is 563 g/mol. The summed E-state index contributed by atoms with van der Waals surface area (Å²) in [7, 11) is 0. The van der Waals surface area contributed by atoms with Crippen molar-refractivity contribution in [2.75, 3.05) is 26.2 Å². The van der Waals surface area contributed by atoms with Crippen LogP contribution in [-0.2, 0) is 9.59 Å². The standard InChI is InChI=1S/C33H43ClF3N3O2/c1-4-32(38-20(3)41)28-13-19(2)30(34)17-26(28)21-7-10-39(11-8-21)33(42)29-16-24(40-12-9-23(36)18-40)15-27(29)25-6-5-22(35)14-31(25)37/h5-6,13-14,17,21,23-25,27,29,31-32H,4,7-12,15-16,18H2,1-3H3,(H,38,41)/t23-,24-,25?,27-,29+,31?,32-/m0/s1. The van der Waals surface area contributed by atoms with Gasteiger partial charge in [-0.05, 0) is 92.2 Å². The van der Waals surface area contributed by atoms with E-state index < -0.39 is 24.1 Å². The molecule has 0 aromatic heterocycles. The zero-order valence-corrected chi connectivity index (χ0v) is 25.6. The molecule has 3 fully saturated rings. The summed E-state index contributed by atoms with van der Waals surface area (Å²) in [6.45, 7) is 7.69. The number of halogens is 4. The number of alkyl halides is 2. The van der Waals surface area contributed by atoms with Crippen molar-refractivity contribution in [3.05, 3.63) is 57.9 Å². The van der Waals surface area contributed by atoms with Gasteiger partial charge in [-0.3, -0.25) is 14.5 Å². The molecule has 0 spiro atoms. The lowest BCUT2D eigenvalue weighted by atomic mass is 9.78. The fourth-order valence-electron chi connectivity index (χ4n) is 7.80. The van der Waals surface area contributed by atoms with Crippen molar-refractivity contribution in [2.45, 2.75) is 89.6 Å². The summed E-state index contributed by atoms with van der Waals surface area (Å²) < 4.78 is 42.9. The topological polar surface area (TPSA) is 52.7 Å². The summed E-state index contributed by atoms with van der Waals surface area (Å²) in [5.74, 6) is -1.67. The number of benzene rings is 1. The van der Waals surface area contributed by atoms with E-state index in [1.54, 1.807) is 6.08 Å². The molecule has 5 nitrogen and oxygen atoms in total. The van der Waals surface area contributed by atoms with Crippen LogP contribution in [0.5, 0.6) is 0 Å². The zero-order valence-electron chi connectivity index (χ0n) is 24.8. The lowest BCUT2D eigenvalue weighted by molar-refractivity contribution is -0.138. The van der Waals surface area contributed by atoms with Crippen LogP contribution in [0.2, 0.25) is 5.02 Å². The van der Waals surface area contributed by atoms with Crippen LogP contribution in [0.25, 0.3) is 0 Å². The van der Waals surface area contributed by atoms with Gasteiger partial charge in [0, 0.05) is 56.0 Å². The molecule has 2 heterocycles. The number of allylic oxidation sites excluding steroid dienone is 4. The van der Waals surface area contributed by atoms with Gasteiger partial charge in [0.1, 0.15) is 18.2 Å². The van der Waals surface area contributed by atoms with Gasteiger partial charge in [-0.2, -0.15) is 0 Å². The number of hydrogen-bond donors (Lipinski definition) is 1. The van der Waals surface area contributed by atoms with Crippen molar-refractivity contribution in [3.63, 3.8) is 0 Å². The van der Waals surface area contributed by atoms with Crippen LogP contribution in [0.1, 0.15) is 81.0 Å². The fraction of sp³-hybridized carbons (Fsp3) is 0.636. The SMILES string of the molecule is CC[C@H](NC(C)=O)c1cc(C)c(Cl)cc1C1CCN(C(=O)[C@@H]2C[C@@H](N3CC[C@H](F)C3)C[C@H]2C2C=CC(F)=CC2F)CC1. The van der Waals surface area contributed by atoms with Gasteiger partial charge in [0.05, 0.1) is 6.04 Å². The van der Waals surface area contributed by atoms with E-state index in [0.29, 0.717) is 50.5 Å². The molecule has 1 aromatic rings. The first-order valence-electron chi connectivity index (χ1n) is 15.5. The van der Waals surface area contributed by atoms with Gasteiger partial charge in [-0.25, -0.2) is 13.2 Å². The van der Waals surface area contributed by atoms with Crippen LogP contribution >= 0.6 is 11.6 Å². The van der Waals surface area contributed by atoms with Gasteiger partial charge in [-0.15, -0.1) is 0 Å². The number of carbonyl (C=O) groups excluding carboxylic acids is 2. The minimum absolute atomic E-state index is 0.0237. The van der Waals surface area contributed by atoms with Crippen molar-refractivity contribution in [2.24, 2.45) is 17.8 Å². The number of amides is 2. The maximum absolute atomic E-state index is 15.1. The van der Waals surface area contributed by atoms with E-state index in [1.165, 1.54) is 13.0 Å².